The van der Waals surface area contributed by atoms with Crippen molar-refractivity contribution in [1.82, 2.24) is 9.80 Å². The smallest absolute Gasteiger partial charge is 0.222 e. The molecular weight excluding hydrogens is 665 g/mol. The molecule has 2 fully saturated rings. The molecule has 2 aliphatic rings. The summed E-state index contributed by atoms with van der Waals surface area (Å²) in [5, 5.41) is 0. The first-order chi connectivity index (χ1) is 26.4. The fraction of sp³-hybridized carbons (Fsp3) is 0.857. The number of carbonyl (C=O) groups excluding carboxylic acids is 1. The number of likely N-dealkylation sites (tertiary alicyclic amines) is 1. The molecule has 1 atom stereocenters. The number of hydrogen-bond donors (Lipinski definition) is 0. The van der Waals surface area contributed by atoms with E-state index in [2.05, 4.69) is 74.2 Å². The van der Waals surface area contributed by atoms with Gasteiger partial charge in [-0.15, -0.1) is 0 Å². The van der Waals surface area contributed by atoms with Crippen LogP contribution in [0.3, 0.4) is 0 Å². The van der Waals surface area contributed by atoms with Gasteiger partial charge in [-0.1, -0.05) is 159 Å². The molecule has 1 amide bonds. The second-order valence-corrected chi connectivity index (χ2v) is 17.3. The van der Waals surface area contributed by atoms with E-state index in [0.717, 1.165) is 64.8 Å². The molecule has 0 aromatic heterocycles. The number of nitrogens with zero attached hydrogens (tertiary/aromatic N) is 2. The Morgan fingerprint density at radius 1 is 0.574 bits per heavy atom. The number of ether oxygens (including phenoxy) is 2. The molecular formula is C49H90N2O3. The first-order valence-electron chi connectivity index (χ1n) is 23.7. The Balaban J connectivity index is 1.67. The van der Waals surface area contributed by atoms with Gasteiger partial charge >= 0.3 is 0 Å². The maximum atomic E-state index is 12.9. The van der Waals surface area contributed by atoms with E-state index in [4.69, 9.17) is 9.47 Å². The number of hydrogen-bond acceptors (Lipinski definition) is 4. The van der Waals surface area contributed by atoms with E-state index in [1.165, 1.54) is 161 Å². The van der Waals surface area contributed by atoms with Crippen molar-refractivity contribution >= 4 is 5.91 Å². The lowest BCUT2D eigenvalue weighted by Crippen LogP contribution is -2.48. The van der Waals surface area contributed by atoms with Gasteiger partial charge in [-0.3, -0.25) is 4.79 Å². The van der Waals surface area contributed by atoms with Crippen molar-refractivity contribution in [2.75, 3.05) is 40.3 Å². The van der Waals surface area contributed by atoms with Gasteiger partial charge < -0.3 is 19.3 Å². The Bertz CT molecular complexity index is 966. The number of carbonyl (C=O) groups is 1. The van der Waals surface area contributed by atoms with Crippen LogP contribution in [0.25, 0.3) is 0 Å². The third-order valence-electron chi connectivity index (χ3n) is 11.9. The predicted octanol–water partition coefficient (Wildman–Crippen LogP) is 14.1. The van der Waals surface area contributed by atoms with Gasteiger partial charge in [0.05, 0.1) is 12.2 Å². The summed E-state index contributed by atoms with van der Waals surface area (Å²) >= 11 is 0. The summed E-state index contributed by atoms with van der Waals surface area (Å²) in [5.74, 6) is -0.192. The maximum Gasteiger partial charge on any atom is 0.222 e. The monoisotopic (exact) mass is 755 g/mol. The first kappa shape index (κ1) is 48.7. The van der Waals surface area contributed by atoms with Crippen LogP contribution in [-0.2, 0) is 14.3 Å². The third kappa shape index (κ3) is 24.3. The first-order valence-corrected chi connectivity index (χ1v) is 23.7. The molecule has 0 aliphatic carbocycles. The van der Waals surface area contributed by atoms with E-state index < -0.39 is 5.79 Å². The van der Waals surface area contributed by atoms with Crippen LogP contribution in [0.1, 0.15) is 219 Å². The van der Waals surface area contributed by atoms with Crippen LogP contribution in [0, 0.1) is 0 Å². The van der Waals surface area contributed by atoms with Crippen molar-refractivity contribution in [2.45, 2.75) is 231 Å². The molecule has 5 heteroatoms. The Hall–Kier alpha value is -1.43. The molecule has 2 saturated heterocycles. The average molecular weight is 755 g/mol. The highest BCUT2D eigenvalue weighted by atomic mass is 16.8. The molecule has 54 heavy (non-hydrogen) atoms. The van der Waals surface area contributed by atoms with E-state index in [1.54, 1.807) is 0 Å². The predicted molar refractivity (Wildman–Crippen MR) is 234 cm³/mol. The van der Waals surface area contributed by atoms with Crippen molar-refractivity contribution in [1.29, 1.82) is 0 Å². The van der Waals surface area contributed by atoms with Gasteiger partial charge in [0.15, 0.2) is 5.79 Å². The number of rotatable bonds is 35. The van der Waals surface area contributed by atoms with Crippen molar-refractivity contribution in [2.24, 2.45) is 0 Å². The lowest BCUT2D eigenvalue weighted by atomic mass is 9.90. The molecule has 2 heterocycles. The quantitative estimate of drug-likeness (QED) is 0.0477. The van der Waals surface area contributed by atoms with Crippen molar-refractivity contribution in [3.63, 3.8) is 0 Å². The lowest BCUT2D eigenvalue weighted by molar-refractivity contribution is -0.214. The fourth-order valence-corrected chi connectivity index (χ4v) is 8.27. The van der Waals surface area contributed by atoms with Crippen LogP contribution >= 0.6 is 0 Å². The van der Waals surface area contributed by atoms with Crippen LogP contribution in [0.2, 0.25) is 0 Å². The Morgan fingerprint density at radius 3 is 1.50 bits per heavy atom. The number of unbranched alkanes of at least 4 members (excludes halogenated alkanes) is 21. The van der Waals surface area contributed by atoms with Gasteiger partial charge in [0, 0.05) is 32.4 Å². The lowest BCUT2D eigenvalue weighted by Gasteiger charge is -2.39. The van der Waals surface area contributed by atoms with Gasteiger partial charge in [-0.05, 0) is 97.7 Å². The summed E-state index contributed by atoms with van der Waals surface area (Å²) in [6.45, 7) is 7.77. The summed E-state index contributed by atoms with van der Waals surface area (Å²) in [5.41, 5.74) is -0.145. The summed E-state index contributed by atoms with van der Waals surface area (Å²) < 4.78 is 13.7. The molecule has 2 rings (SSSR count). The van der Waals surface area contributed by atoms with Gasteiger partial charge in [0.2, 0.25) is 5.91 Å². The van der Waals surface area contributed by atoms with Crippen molar-refractivity contribution < 1.29 is 14.3 Å². The molecule has 0 aromatic rings. The number of piperidine rings is 1. The van der Waals surface area contributed by atoms with Crippen molar-refractivity contribution in [3.05, 3.63) is 36.5 Å². The van der Waals surface area contributed by atoms with E-state index in [9.17, 15) is 4.79 Å². The minimum atomic E-state index is -0.485. The third-order valence-corrected chi connectivity index (χ3v) is 11.9. The van der Waals surface area contributed by atoms with Gasteiger partial charge in [0.1, 0.15) is 0 Å². The zero-order valence-electron chi connectivity index (χ0n) is 36.5. The van der Waals surface area contributed by atoms with Gasteiger partial charge in [-0.2, -0.15) is 0 Å². The van der Waals surface area contributed by atoms with Crippen LogP contribution in [0.4, 0.5) is 0 Å². The highest BCUT2D eigenvalue weighted by Crippen LogP contribution is 2.44. The molecule has 0 radical (unpaired) electrons. The van der Waals surface area contributed by atoms with E-state index >= 15 is 0 Å². The topological polar surface area (TPSA) is 42.0 Å². The molecule has 2 aliphatic heterocycles. The van der Waals surface area contributed by atoms with Gasteiger partial charge in [-0.25, -0.2) is 0 Å². The number of amides is 1. The highest BCUT2D eigenvalue weighted by Gasteiger charge is 2.51. The highest BCUT2D eigenvalue weighted by molar-refractivity contribution is 5.76. The average Bonchev–Trinajstić information content (AvgIpc) is 3.51. The zero-order chi connectivity index (χ0) is 38.8. The largest absolute Gasteiger partial charge is 0.347 e. The molecule has 1 spiro atoms. The van der Waals surface area contributed by atoms with Crippen molar-refractivity contribution in [3.8, 4) is 0 Å². The standard InChI is InChI=1S/C49H90N2O3/c1-5-7-9-11-13-15-17-19-21-23-25-27-29-31-33-35-39-48(40-36-34-32-30-28-26-24-22-20-18-16-14-12-10-8-6-2)46-53-49(54-48)41-44-51(45-42-49)47(52)38-37-43-50(3)4/h13,15,19-22H,5-12,14,16-18,23-46H2,1-4H3/b15-13-,21-19-,22-20-. The summed E-state index contributed by atoms with van der Waals surface area (Å²) in [6.07, 6.45) is 53.8. The molecule has 0 saturated carbocycles. The Labute approximate surface area is 336 Å². The molecule has 5 nitrogen and oxygen atoms in total. The molecule has 0 aromatic carbocycles. The SMILES string of the molecule is CCCCC/C=C\C/C=C\CCCCCCCCC1(CCCCCCCC/C=C\CCCCCCCC)COC2(CCN(C(=O)CCCN(C)C)CC2)O1. The van der Waals surface area contributed by atoms with E-state index in [0.29, 0.717) is 12.3 Å². The normalized spacial score (nSPS) is 18.9. The minimum Gasteiger partial charge on any atom is -0.347 e. The van der Waals surface area contributed by atoms with Gasteiger partial charge in [0.25, 0.3) is 0 Å². The van der Waals surface area contributed by atoms with E-state index in [1.807, 2.05) is 0 Å². The molecule has 314 valence electrons. The summed E-state index contributed by atoms with van der Waals surface area (Å²) in [6, 6.07) is 0. The molecule has 0 bridgehead atoms. The second-order valence-electron chi connectivity index (χ2n) is 17.3. The maximum absolute atomic E-state index is 12.9. The second kappa shape index (κ2) is 32.6. The molecule has 1 unspecified atom stereocenters. The van der Waals surface area contributed by atoms with Crippen LogP contribution in [0.15, 0.2) is 36.5 Å². The van der Waals surface area contributed by atoms with Crippen LogP contribution in [-0.4, -0.2) is 67.4 Å². The van der Waals surface area contributed by atoms with Crippen LogP contribution < -0.4 is 0 Å². The minimum absolute atomic E-state index is 0.145. The fourth-order valence-electron chi connectivity index (χ4n) is 8.27. The summed E-state index contributed by atoms with van der Waals surface area (Å²) in [4.78, 5) is 17.1. The Kier molecular flexibility index (Phi) is 29.4. The zero-order valence-corrected chi connectivity index (χ0v) is 36.5. The molecule has 0 N–H and O–H groups in total. The number of allylic oxidation sites excluding steroid dienone is 6. The Morgan fingerprint density at radius 2 is 1.00 bits per heavy atom. The summed E-state index contributed by atoms with van der Waals surface area (Å²) in [7, 11) is 4.15. The van der Waals surface area contributed by atoms with E-state index in [-0.39, 0.29) is 5.60 Å². The van der Waals surface area contributed by atoms with Crippen LogP contribution in [0.5, 0.6) is 0 Å².